The number of nitrogens with zero attached hydrogens (tertiary/aromatic N) is 2. The van der Waals surface area contributed by atoms with Crippen molar-refractivity contribution in [2.45, 2.75) is 46.3 Å². The van der Waals surface area contributed by atoms with E-state index in [9.17, 15) is 24.3 Å². The molecular weight excluding hydrogens is 478 g/mol. The Bertz CT molecular complexity index is 1250. The molecule has 0 aliphatic carbocycles. The van der Waals surface area contributed by atoms with E-state index in [-0.39, 0.29) is 23.6 Å². The molecule has 0 saturated carbocycles. The fraction of sp³-hybridized carbons (Fsp3) is 0.370. The van der Waals surface area contributed by atoms with E-state index in [0.29, 0.717) is 28.8 Å². The minimum absolute atomic E-state index is 0.0610. The van der Waals surface area contributed by atoms with E-state index < -0.39 is 36.2 Å². The Balaban J connectivity index is 1.54. The van der Waals surface area contributed by atoms with Gasteiger partial charge in [0.1, 0.15) is 5.70 Å². The number of benzene rings is 1. The third-order valence-electron chi connectivity index (χ3n) is 6.33. The minimum atomic E-state index is -0.872. The number of aliphatic hydroxyl groups excluding tert-OH is 1. The van der Waals surface area contributed by atoms with Crippen LogP contribution in [-0.4, -0.2) is 57.7 Å². The van der Waals surface area contributed by atoms with Gasteiger partial charge in [0.05, 0.1) is 29.0 Å². The predicted octanol–water partition coefficient (Wildman–Crippen LogP) is 2.75. The lowest BCUT2D eigenvalue weighted by molar-refractivity contribution is -0.175. The third kappa shape index (κ3) is 5.24. The first-order valence-electron chi connectivity index (χ1n) is 11.9. The van der Waals surface area contributed by atoms with E-state index in [4.69, 9.17) is 9.47 Å². The number of aromatic nitrogens is 1. The van der Waals surface area contributed by atoms with Crippen LogP contribution in [0.5, 0.6) is 0 Å². The fourth-order valence-corrected chi connectivity index (χ4v) is 4.39. The van der Waals surface area contributed by atoms with E-state index in [1.807, 2.05) is 0 Å². The fourth-order valence-electron chi connectivity index (χ4n) is 4.39. The number of esters is 2. The van der Waals surface area contributed by atoms with E-state index in [1.165, 1.54) is 11.1 Å². The SMILES string of the molecule is C[C@@H](O)[C@H]1C(=O)N2C(C(=O)OCOC(=O)C(C)(C)C)=C(c3ccc(NC(=O)c4cccnc4)cc3)C[C@H]12. The van der Waals surface area contributed by atoms with Crippen LogP contribution >= 0.6 is 0 Å². The maximum atomic E-state index is 13.1. The number of rotatable bonds is 7. The number of hydrogen-bond donors (Lipinski definition) is 2. The summed E-state index contributed by atoms with van der Waals surface area (Å²) in [6.07, 6.45) is 2.51. The minimum Gasteiger partial charge on any atom is -0.427 e. The van der Waals surface area contributed by atoms with Crippen LogP contribution in [0.2, 0.25) is 0 Å². The van der Waals surface area contributed by atoms with Crippen molar-refractivity contribution in [3.8, 4) is 0 Å². The quantitative estimate of drug-likeness (QED) is 0.332. The van der Waals surface area contributed by atoms with Gasteiger partial charge in [-0.2, -0.15) is 0 Å². The van der Waals surface area contributed by atoms with Crippen molar-refractivity contribution in [3.63, 3.8) is 0 Å². The Labute approximate surface area is 214 Å². The van der Waals surface area contributed by atoms with Gasteiger partial charge in [-0.1, -0.05) is 12.1 Å². The van der Waals surface area contributed by atoms with Crippen molar-refractivity contribution in [3.05, 3.63) is 65.6 Å². The lowest BCUT2D eigenvalue weighted by Gasteiger charge is -2.44. The van der Waals surface area contributed by atoms with Gasteiger partial charge in [-0.05, 0) is 69.5 Å². The van der Waals surface area contributed by atoms with E-state index >= 15 is 0 Å². The Morgan fingerprint density at radius 1 is 1.16 bits per heavy atom. The van der Waals surface area contributed by atoms with Crippen molar-refractivity contribution in [1.82, 2.24) is 9.88 Å². The normalized spacial score (nSPS) is 19.6. The van der Waals surface area contributed by atoms with E-state index in [1.54, 1.807) is 70.3 Å². The third-order valence-corrected chi connectivity index (χ3v) is 6.33. The largest absolute Gasteiger partial charge is 0.427 e. The number of amides is 2. The van der Waals surface area contributed by atoms with Gasteiger partial charge in [0, 0.05) is 18.1 Å². The zero-order valence-electron chi connectivity index (χ0n) is 21.1. The van der Waals surface area contributed by atoms with Gasteiger partial charge in [-0.15, -0.1) is 0 Å². The number of pyridine rings is 1. The lowest BCUT2D eigenvalue weighted by atomic mass is 9.82. The standard InChI is InChI=1S/C27H29N3O7/c1-15(31)21-20-12-19(16-7-9-18(10-8-16)29-23(32)17-6-5-11-28-13-17)22(30(20)24(21)33)25(34)36-14-37-26(35)27(2,3)4/h5-11,13,15,20-21,31H,12,14H2,1-4H3,(H,29,32)/t15-,20-,21-/m1/s1. The van der Waals surface area contributed by atoms with Gasteiger partial charge < -0.3 is 24.8 Å². The first kappa shape index (κ1) is 26.0. The number of nitrogens with one attached hydrogen (secondary N) is 1. The van der Waals surface area contributed by atoms with Crippen LogP contribution in [0.1, 0.15) is 50.0 Å². The topological polar surface area (TPSA) is 135 Å². The molecule has 1 saturated heterocycles. The van der Waals surface area contributed by atoms with Crippen molar-refractivity contribution < 1.29 is 33.8 Å². The molecule has 3 heterocycles. The summed E-state index contributed by atoms with van der Waals surface area (Å²) >= 11 is 0. The average molecular weight is 508 g/mol. The molecule has 2 aliphatic heterocycles. The lowest BCUT2D eigenvalue weighted by Crippen LogP contribution is -2.61. The number of β-lactam (4-membered cyclic amide) rings is 1. The predicted molar refractivity (Wildman–Crippen MR) is 132 cm³/mol. The number of aliphatic hydroxyl groups is 1. The number of anilines is 1. The van der Waals surface area contributed by atoms with E-state index in [2.05, 4.69) is 10.3 Å². The van der Waals surface area contributed by atoms with Crippen LogP contribution in [0.3, 0.4) is 0 Å². The second kappa shape index (κ2) is 10.1. The molecule has 1 aromatic heterocycles. The zero-order chi connectivity index (χ0) is 26.9. The Morgan fingerprint density at radius 3 is 2.46 bits per heavy atom. The molecule has 1 aromatic carbocycles. The molecule has 0 radical (unpaired) electrons. The molecule has 3 atom stereocenters. The number of hydrogen-bond acceptors (Lipinski definition) is 8. The molecule has 0 spiro atoms. The van der Waals surface area contributed by atoms with E-state index in [0.717, 1.165) is 0 Å². The summed E-state index contributed by atoms with van der Waals surface area (Å²) in [6.45, 7) is 5.99. The van der Waals surface area contributed by atoms with Crippen LogP contribution in [0, 0.1) is 11.3 Å². The molecule has 2 aromatic rings. The van der Waals surface area contributed by atoms with Crippen LogP contribution in [-0.2, 0) is 23.9 Å². The summed E-state index contributed by atoms with van der Waals surface area (Å²) < 4.78 is 10.2. The molecule has 4 rings (SSSR count). The number of carbonyl (C=O) groups is 4. The molecule has 10 heteroatoms. The molecule has 0 bridgehead atoms. The van der Waals surface area contributed by atoms with Gasteiger partial charge in [0.25, 0.3) is 5.91 Å². The highest BCUT2D eigenvalue weighted by Gasteiger charge is 2.57. The Kier molecular flexibility index (Phi) is 7.13. The highest BCUT2D eigenvalue weighted by atomic mass is 16.7. The number of carbonyl (C=O) groups excluding carboxylic acids is 4. The highest BCUT2D eigenvalue weighted by molar-refractivity contribution is 6.07. The second-order valence-electron chi connectivity index (χ2n) is 10.1. The molecular formula is C27H29N3O7. The van der Waals surface area contributed by atoms with Gasteiger partial charge in [-0.3, -0.25) is 19.4 Å². The van der Waals surface area contributed by atoms with Crippen LogP contribution in [0.25, 0.3) is 5.57 Å². The average Bonchev–Trinajstić information content (AvgIpc) is 3.19. The van der Waals surface area contributed by atoms with Gasteiger partial charge in [0.15, 0.2) is 0 Å². The first-order valence-corrected chi connectivity index (χ1v) is 11.9. The molecule has 2 N–H and O–H groups in total. The number of fused-ring (bicyclic) bond motifs is 1. The monoisotopic (exact) mass is 507 g/mol. The van der Waals surface area contributed by atoms with Crippen molar-refractivity contribution in [2.24, 2.45) is 11.3 Å². The Hall–Kier alpha value is -4.05. The van der Waals surface area contributed by atoms with Crippen molar-refractivity contribution in [1.29, 1.82) is 0 Å². The van der Waals surface area contributed by atoms with Gasteiger partial charge in [0.2, 0.25) is 12.7 Å². The van der Waals surface area contributed by atoms with Crippen molar-refractivity contribution >= 4 is 35.0 Å². The smallest absolute Gasteiger partial charge is 0.358 e. The van der Waals surface area contributed by atoms with Crippen LogP contribution in [0.4, 0.5) is 5.69 Å². The first-order chi connectivity index (χ1) is 17.5. The maximum Gasteiger partial charge on any atom is 0.358 e. The van der Waals surface area contributed by atoms with Crippen LogP contribution in [0.15, 0.2) is 54.5 Å². The summed E-state index contributed by atoms with van der Waals surface area (Å²) in [6, 6.07) is 9.77. The highest BCUT2D eigenvalue weighted by Crippen LogP contribution is 2.47. The molecule has 10 nitrogen and oxygen atoms in total. The molecule has 194 valence electrons. The summed E-state index contributed by atoms with van der Waals surface area (Å²) in [4.78, 5) is 55.5. The van der Waals surface area contributed by atoms with Crippen molar-refractivity contribution in [2.75, 3.05) is 12.1 Å². The van der Waals surface area contributed by atoms with Gasteiger partial charge in [-0.25, -0.2) is 4.79 Å². The van der Waals surface area contributed by atoms with Gasteiger partial charge >= 0.3 is 11.9 Å². The summed E-state index contributed by atoms with van der Waals surface area (Å²) in [7, 11) is 0. The van der Waals surface area contributed by atoms with Crippen LogP contribution < -0.4 is 5.32 Å². The zero-order valence-corrected chi connectivity index (χ0v) is 21.1. The molecule has 37 heavy (non-hydrogen) atoms. The molecule has 0 unspecified atom stereocenters. The summed E-state index contributed by atoms with van der Waals surface area (Å²) in [5, 5.41) is 12.9. The molecule has 2 aliphatic rings. The molecule has 2 amide bonds. The molecule has 1 fully saturated rings. The number of ether oxygens (including phenoxy) is 2. The summed E-state index contributed by atoms with van der Waals surface area (Å²) in [5.74, 6) is -2.64. The Morgan fingerprint density at radius 2 is 1.86 bits per heavy atom. The summed E-state index contributed by atoms with van der Waals surface area (Å²) in [5.41, 5.74) is 1.47. The maximum absolute atomic E-state index is 13.1. The second-order valence-corrected chi connectivity index (χ2v) is 10.1.